The summed E-state index contributed by atoms with van der Waals surface area (Å²) >= 11 is 5.87. The predicted octanol–water partition coefficient (Wildman–Crippen LogP) is 5.31. The fraction of sp³-hybridized carbons (Fsp3) is 0.120. The molecule has 3 aromatic rings. The van der Waals surface area contributed by atoms with E-state index >= 15 is 0 Å². The fourth-order valence-electron chi connectivity index (χ4n) is 3.35. The lowest BCUT2D eigenvalue weighted by Crippen LogP contribution is -2.44. The number of ether oxygens (including phenoxy) is 1. The van der Waals surface area contributed by atoms with Gasteiger partial charge in [0.2, 0.25) is 5.91 Å². The zero-order valence-corrected chi connectivity index (χ0v) is 17.7. The fourth-order valence-corrected chi connectivity index (χ4v) is 3.47. The summed E-state index contributed by atoms with van der Waals surface area (Å²) in [6.07, 6.45) is 2.56. The van der Waals surface area contributed by atoms with Crippen LogP contribution in [0.3, 0.4) is 0 Å². The average Bonchev–Trinajstić information content (AvgIpc) is 2.77. The molecular formula is C25H21ClN2O3. The van der Waals surface area contributed by atoms with Gasteiger partial charge in [0.05, 0.1) is 12.2 Å². The molecule has 5 nitrogen and oxygen atoms in total. The molecule has 0 fully saturated rings. The van der Waals surface area contributed by atoms with Gasteiger partial charge in [-0.25, -0.2) is 0 Å². The molecule has 0 saturated carbocycles. The number of halogens is 1. The van der Waals surface area contributed by atoms with E-state index in [0.29, 0.717) is 28.7 Å². The van der Waals surface area contributed by atoms with Crippen molar-refractivity contribution in [2.45, 2.75) is 19.6 Å². The van der Waals surface area contributed by atoms with Crippen molar-refractivity contribution < 1.29 is 14.3 Å². The maximum Gasteiger partial charge on any atom is 0.268 e. The van der Waals surface area contributed by atoms with Gasteiger partial charge in [0.1, 0.15) is 5.75 Å². The van der Waals surface area contributed by atoms with Gasteiger partial charge in [-0.3, -0.25) is 9.59 Å². The summed E-state index contributed by atoms with van der Waals surface area (Å²) in [6, 6.07) is 22.3. The van der Waals surface area contributed by atoms with E-state index in [4.69, 9.17) is 16.3 Å². The van der Waals surface area contributed by atoms with Crippen LogP contribution in [0.5, 0.6) is 5.75 Å². The number of nitrogens with one attached hydrogen (secondary N) is 1. The van der Waals surface area contributed by atoms with E-state index in [1.165, 1.54) is 6.08 Å². The number of nitrogens with zero attached hydrogens (tertiary/aromatic N) is 1. The minimum Gasteiger partial charge on any atom is -0.479 e. The van der Waals surface area contributed by atoms with Gasteiger partial charge in [0.25, 0.3) is 5.91 Å². The molecule has 0 bridgehead atoms. The van der Waals surface area contributed by atoms with Crippen LogP contribution in [0.15, 0.2) is 78.9 Å². The van der Waals surface area contributed by atoms with E-state index in [-0.39, 0.29) is 11.8 Å². The Morgan fingerprint density at radius 2 is 1.84 bits per heavy atom. The van der Waals surface area contributed by atoms with Gasteiger partial charge in [0.15, 0.2) is 6.10 Å². The van der Waals surface area contributed by atoms with E-state index in [2.05, 4.69) is 5.32 Å². The number of carbonyl (C=O) groups excluding carboxylic acids is 2. The molecule has 0 spiro atoms. The highest BCUT2D eigenvalue weighted by Gasteiger charge is 2.31. The minimum absolute atomic E-state index is 0.0981. The number of fused-ring (bicyclic) bond motifs is 1. The molecule has 1 aliphatic heterocycles. The van der Waals surface area contributed by atoms with Gasteiger partial charge >= 0.3 is 0 Å². The molecule has 1 aliphatic rings. The van der Waals surface area contributed by atoms with Crippen LogP contribution in [-0.2, 0) is 16.1 Å². The van der Waals surface area contributed by atoms with Crippen molar-refractivity contribution in [3.63, 3.8) is 0 Å². The normalized spacial score (nSPS) is 15.5. The molecule has 4 rings (SSSR count). The highest BCUT2D eigenvalue weighted by molar-refractivity contribution is 6.30. The first-order valence-corrected chi connectivity index (χ1v) is 10.3. The van der Waals surface area contributed by atoms with Gasteiger partial charge < -0.3 is 15.0 Å². The third kappa shape index (κ3) is 4.95. The highest BCUT2D eigenvalue weighted by atomic mass is 35.5. The molecular weight excluding hydrogens is 412 g/mol. The zero-order chi connectivity index (χ0) is 21.8. The summed E-state index contributed by atoms with van der Waals surface area (Å²) in [5, 5.41) is 3.47. The van der Waals surface area contributed by atoms with Crippen molar-refractivity contribution in [2.24, 2.45) is 0 Å². The lowest BCUT2D eigenvalue weighted by Gasteiger charge is -2.33. The first-order valence-electron chi connectivity index (χ1n) is 9.90. The number of hydrogen-bond donors (Lipinski definition) is 1. The first-order chi connectivity index (χ1) is 15.0. The Morgan fingerprint density at radius 3 is 2.58 bits per heavy atom. The van der Waals surface area contributed by atoms with E-state index in [1.807, 2.05) is 42.5 Å². The summed E-state index contributed by atoms with van der Waals surface area (Å²) in [5.74, 6) is 0.192. The number of anilines is 2. The Morgan fingerprint density at radius 1 is 1.10 bits per heavy atom. The highest BCUT2D eigenvalue weighted by Crippen LogP contribution is 2.37. The first kappa shape index (κ1) is 20.7. The molecule has 3 aromatic carbocycles. The SMILES string of the molecule is CC1Oc2cc(NC(=O)/C=C/c3ccc(Cl)cc3)ccc2N(Cc2ccccc2)C1=O. The molecule has 0 aliphatic carbocycles. The quantitative estimate of drug-likeness (QED) is 0.556. The van der Waals surface area contributed by atoms with Crippen molar-refractivity contribution in [2.75, 3.05) is 10.2 Å². The van der Waals surface area contributed by atoms with Crippen LogP contribution in [0.25, 0.3) is 6.08 Å². The van der Waals surface area contributed by atoms with Crippen LogP contribution < -0.4 is 15.0 Å². The molecule has 1 heterocycles. The largest absolute Gasteiger partial charge is 0.479 e. The van der Waals surface area contributed by atoms with Crippen LogP contribution in [0.4, 0.5) is 11.4 Å². The van der Waals surface area contributed by atoms with E-state index in [1.54, 1.807) is 48.2 Å². The van der Waals surface area contributed by atoms with Crippen molar-refractivity contribution in [3.8, 4) is 5.75 Å². The van der Waals surface area contributed by atoms with Gasteiger partial charge in [-0.1, -0.05) is 54.1 Å². The molecule has 156 valence electrons. The minimum atomic E-state index is -0.605. The summed E-state index contributed by atoms with van der Waals surface area (Å²) in [5.41, 5.74) is 3.17. The molecule has 1 N–H and O–H groups in total. The third-order valence-electron chi connectivity index (χ3n) is 4.92. The molecule has 0 radical (unpaired) electrons. The van der Waals surface area contributed by atoms with Crippen LogP contribution in [0.2, 0.25) is 5.02 Å². The van der Waals surface area contributed by atoms with Crippen LogP contribution >= 0.6 is 11.6 Å². The summed E-state index contributed by atoms with van der Waals surface area (Å²) in [7, 11) is 0. The molecule has 6 heteroatoms. The lowest BCUT2D eigenvalue weighted by molar-refractivity contribution is -0.125. The predicted molar refractivity (Wildman–Crippen MR) is 123 cm³/mol. The van der Waals surface area contributed by atoms with Gasteiger partial charge in [-0.05, 0) is 48.4 Å². The second-order valence-electron chi connectivity index (χ2n) is 7.23. The Labute approximate surface area is 185 Å². The number of benzene rings is 3. The van der Waals surface area contributed by atoms with Crippen molar-refractivity contribution in [3.05, 3.63) is 95.0 Å². The average molecular weight is 433 g/mol. The maximum absolute atomic E-state index is 12.7. The van der Waals surface area contributed by atoms with Crippen molar-refractivity contribution >= 4 is 40.9 Å². The third-order valence-corrected chi connectivity index (χ3v) is 5.17. The lowest BCUT2D eigenvalue weighted by atomic mass is 10.1. The maximum atomic E-state index is 12.7. The Kier molecular flexibility index (Phi) is 6.05. The van der Waals surface area contributed by atoms with Gasteiger partial charge in [0, 0.05) is 22.9 Å². The Balaban J connectivity index is 1.50. The topological polar surface area (TPSA) is 58.6 Å². The second-order valence-corrected chi connectivity index (χ2v) is 7.66. The number of rotatable bonds is 5. The summed E-state index contributed by atoms with van der Waals surface area (Å²) < 4.78 is 5.80. The Hall–Kier alpha value is -3.57. The number of carbonyl (C=O) groups is 2. The Bertz CT molecular complexity index is 1130. The smallest absolute Gasteiger partial charge is 0.268 e. The van der Waals surface area contributed by atoms with Gasteiger partial charge in [-0.15, -0.1) is 0 Å². The second kappa shape index (κ2) is 9.06. The molecule has 1 atom stereocenters. The molecule has 0 saturated heterocycles. The van der Waals surface area contributed by atoms with Crippen LogP contribution in [0.1, 0.15) is 18.1 Å². The van der Waals surface area contributed by atoms with E-state index in [9.17, 15) is 9.59 Å². The molecule has 1 unspecified atom stereocenters. The molecule has 31 heavy (non-hydrogen) atoms. The van der Waals surface area contributed by atoms with Gasteiger partial charge in [-0.2, -0.15) is 0 Å². The summed E-state index contributed by atoms with van der Waals surface area (Å²) in [6.45, 7) is 2.18. The summed E-state index contributed by atoms with van der Waals surface area (Å²) in [4.78, 5) is 26.7. The van der Waals surface area contributed by atoms with Crippen LogP contribution in [0, 0.1) is 0 Å². The van der Waals surface area contributed by atoms with E-state index < -0.39 is 6.10 Å². The van der Waals surface area contributed by atoms with E-state index in [0.717, 1.165) is 11.1 Å². The van der Waals surface area contributed by atoms with Crippen molar-refractivity contribution in [1.29, 1.82) is 0 Å². The standard InChI is InChI=1S/C25H21ClN2O3/c1-17-25(30)28(16-19-5-3-2-4-6-19)22-13-12-21(15-23(22)31-17)27-24(29)14-9-18-7-10-20(26)11-8-18/h2-15,17H,16H2,1H3,(H,27,29)/b14-9+. The zero-order valence-electron chi connectivity index (χ0n) is 16.9. The van der Waals surface area contributed by atoms with Crippen molar-refractivity contribution in [1.82, 2.24) is 0 Å². The number of hydrogen-bond acceptors (Lipinski definition) is 3. The molecule has 2 amide bonds. The monoisotopic (exact) mass is 432 g/mol. The number of amides is 2. The molecule has 0 aromatic heterocycles. The van der Waals surface area contributed by atoms with Crippen LogP contribution in [-0.4, -0.2) is 17.9 Å².